The Kier molecular flexibility index (Phi) is 2.06. The normalized spacial score (nSPS) is 10.2. The number of fused-ring (bicyclic) bond motifs is 1. The van der Waals surface area contributed by atoms with Crippen LogP contribution in [0.5, 0.6) is 0 Å². The average Bonchev–Trinajstić information content (AvgIpc) is 2.16. The van der Waals surface area contributed by atoms with Gasteiger partial charge in [-0.25, -0.2) is 0 Å². The molecule has 0 fully saturated rings. The van der Waals surface area contributed by atoms with Crippen LogP contribution < -0.4 is 0 Å². The number of carbonyl (C=O) groups is 1. The lowest BCUT2D eigenvalue weighted by Gasteiger charge is -1.99. The first kappa shape index (κ1) is 8.31. The molecule has 0 saturated heterocycles. The molecule has 1 heterocycles. The lowest BCUT2D eigenvalue weighted by molar-refractivity contribution is 0.112. The van der Waals surface area contributed by atoms with Crippen molar-refractivity contribution in [3.8, 4) is 0 Å². The van der Waals surface area contributed by atoms with Gasteiger partial charge in [-0.1, -0.05) is 15.9 Å². The average molecular weight is 237 g/mol. The third-order valence-corrected chi connectivity index (χ3v) is 2.15. The molecule has 0 aliphatic rings. The van der Waals surface area contributed by atoms with Crippen LogP contribution >= 0.6 is 15.9 Å². The Labute approximate surface area is 82.9 Å². The number of aldehydes is 1. The van der Waals surface area contributed by atoms with Gasteiger partial charge in [-0.15, -0.1) is 0 Å². The first-order chi connectivity index (χ1) is 6.31. The molecule has 0 aliphatic carbocycles. The molecule has 1 aromatic heterocycles. The summed E-state index contributed by atoms with van der Waals surface area (Å²) in [5.74, 6) is 0. The van der Waals surface area contributed by atoms with E-state index in [0.29, 0.717) is 11.1 Å². The highest BCUT2D eigenvalue weighted by Crippen LogP contribution is 2.19. The van der Waals surface area contributed by atoms with E-state index in [1.807, 2.05) is 6.07 Å². The number of halogens is 1. The van der Waals surface area contributed by atoms with Crippen LogP contribution in [0, 0.1) is 0 Å². The largest absolute Gasteiger partial charge is 0.298 e. The fourth-order valence-electron chi connectivity index (χ4n) is 1.16. The number of carbonyl (C=O) groups excluding carboxylic acids is 1. The van der Waals surface area contributed by atoms with E-state index in [9.17, 15) is 4.79 Å². The van der Waals surface area contributed by atoms with Gasteiger partial charge in [-0.2, -0.15) is 0 Å². The number of aromatic nitrogens is 2. The van der Waals surface area contributed by atoms with E-state index in [-0.39, 0.29) is 0 Å². The summed E-state index contributed by atoms with van der Waals surface area (Å²) in [7, 11) is 0. The van der Waals surface area contributed by atoms with Gasteiger partial charge < -0.3 is 0 Å². The quantitative estimate of drug-likeness (QED) is 0.714. The van der Waals surface area contributed by atoms with Crippen LogP contribution in [-0.2, 0) is 0 Å². The Balaban J connectivity index is 2.89. The van der Waals surface area contributed by atoms with Crippen LogP contribution in [0.1, 0.15) is 10.4 Å². The van der Waals surface area contributed by atoms with Crippen LogP contribution in [0.3, 0.4) is 0 Å². The summed E-state index contributed by atoms with van der Waals surface area (Å²) in [6.07, 6.45) is 3.95. The predicted molar refractivity (Wildman–Crippen MR) is 52.6 cm³/mol. The molecule has 3 nitrogen and oxygen atoms in total. The second-order valence-electron chi connectivity index (χ2n) is 2.54. The van der Waals surface area contributed by atoms with Gasteiger partial charge in [0.25, 0.3) is 0 Å². The van der Waals surface area contributed by atoms with E-state index in [1.165, 1.54) is 0 Å². The maximum Gasteiger partial charge on any atom is 0.152 e. The maximum absolute atomic E-state index is 10.7. The zero-order valence-corrected chi connectivity index (χ0v) is 8.15. The zero-order chi connectivity index (χ0) is 9.26. The van der Waals surface area contributed by atoms with Crippen LogP contribution in [0.15, 0.2) is 29.0 Å². The number of hydrogen-bond donors (Lipinski definition) is 0. The second kappa shape index (κ2) is 3.22. The van der Waals surface area contributed by atoms with Crippen LogP contribution in [-0.4, -0.2) is 16.3 Å². The van der Waals surface area contributed by atoms with E-state index in [2.05, 4.69) is 25.9 Å². The summed E-state index contributed by atoms with van der Waals surface area (Å²) in [4.78, 5) is 18.9. The van der Waals surface area contributed by atoms with Crippen molar-refractivity contribution in [1.82, 2.24) is 9.97 Å². The lowest BCUT2D eigenvalue weighted by atomic mass is 10.2. The molecule has 0 spiro atoms. The van der Waals surface area contributed by atoms with Crippen molar-refractivity contribution in [2.75, 3.05) is 0 Å². The van der Waals surface area contributed by atoms with Gasteiger partial charge in [0.2, 0.25) is 0 Å². The summed E-state index contributed by atoms with van der Waals surface area (Å²) < 4.78 is 0.836. The molecule has 0 N–H and O–H groups in total. The van der Waals surface area contributed by atoms with Gasteiger partial charge in [0, 0.05) is 22.4 Å². The van der Waals surface area contributed by atoms with Gasteiger partial charge in [0.05, 0.1) is 11.0 Å². The monoisotopic (exact) mass is 236 g/mol. The summed E-state index contributed by atoms with van der Waals surface area (Å²) in [5, 5.41) is 0. The first-order valence-electron chi connectivity index (χ1n) is 3.67. The van der Waals surface area contributed by atoms with Crippen LogP contribution in [0.4, 0.5) is 0 Å². The first-order valence-corrected chi connectivity index (χ1v) is 4.46. The third kappa shape index (κ3) is 1.45. The predicted octanol–water partition coefficient (Wildman–Crippen LogP) is 2.20. The highest BCUT2D eigenvalue weighted by molar-refractivity contribution is 9.10. The summed E-state index contributed by atoms with van der Waals surface area (Å²) >= 11 is 3.30. The topological polar surface area (TPSA) is 42.9 Å². The molecule has 2 rings (SSSR count). The second-order valence-corrected chi connectivity index (χ2v) is 3.45. The van der Waals surface area contributed by atoms with Crippen molar-refractivity contribution in [3.05, 3.63) is 34.6 Å². The van der Waals surface area contributed by atoms with Gasteiger partial charge in [-0.3, -0.25) is 14.8 Å². The van der Waals surface area contributed by atoms with Gasteiger partial charge in [-0.05, 0) is 12.1 Å². The van der Waals surface area contributed by atoms with Crippen molar-refractivity contribution in [1.29, 1.82) is 0 Å². The molecule has 0 unspecified atom stereocenters. The smallest absolute Gasteiger partial charge is 0.152 e. The molecule has 0 amide bonds. The Bertz CT molecular complexity index is 470. The minimum Gasteiger partial charge on any atom is -0.298 e. The SMILES string of the molecule is O=Cc1cc(Br)cc2nccnc12. The molecule has 0 aliphatic heterocycles. The Morgan fingerprint density at radius 1 is 1.23 bits per heavy atom. The molecular formula is C9H5BrN2O. The van der Waals surface area contributed by atoms with E-state index >= 15 is 0 Å². The number of rotatable bonds is 1. The van der Waals surface area contributed by atoms with Crippen molar-refractivity contribution in [2.45, 2.75) is 0 Å². The van der Waals surface area contributed by atoms with Gasteiger partial charge >= 0.3 is 0 Å². The minimum atomic E-state index is 0.553. The molecule has 0 atom stereocenters. The van der Waals surface area contributed by atoms with Crippen LogP contribution in [0.2, 0.25) is 0 Å². The van der Waals surface area contributed by atoms with Gasteiger partial charge in [0.1, 0.15) is 0 Å². The zero-order valence-electron chi connectivity index (χ0n) is 6.57. The lowest BCUT2D eigenvalue weighted by Crippen LogP contribution is -1.89. The Morgan fingerprint density at radius 3 is 2.77 bits per heavy atom. The fourth-order valence-corrected chi connectivity index (χ4v) is 1.62. The number of hydrogen-bond acceptors (Lipinski definition) is 3. The van der Waals surface area contributed by atoms with Gasteiger partial charge in [0.15, 0.2) is 6.29 Å². The van der Waals surface area contributed by atoms with E-state index < -0.39 is 0 Å². The molecule has 0 radical (unpaired) electrons. The van der Waals surface area contributed by atoms with Crippen molar-refractivity contribution >= 4 is 33.2 Å². The minimum absolute atomic E-state index is 0.553. The molecule has 2 aromatic rings. The summed E-state index contributed by atoms with van der Waals surface area (Å²) in [6, 6.07) is 3.55. The molecule has 1 aromatic carbocycles. The fraction of sp³-hybridized carbons (Fsp3) is 0. The highest BCUT2D eigenvalue weighted by Gasteiger charge is 2.03. The van der Waals surface area contributed by atoms with E-state index in [0.717, 1.165) is 16.3 Å². The molecule has 0 bridgehead atoms. The van der Waals surface area contributed by atoms with Crippen molar-refractivity contribution in [3.63, 3.8) is 0 Å². The molecule has 0 saturated carbocycles. The Morgan fingerprint density at radius 2 is 2.00 bits per heavy atom. The molecule has 64 valence electrons. The number of benzene rings is 1. The molecule has 4 heteroatoms. The maximum atomic E-state index is 10.7. The number of nitrogens with zero attached hydrogens (tertiary/aromatic N) is 2. The summed E-state index contributed by atoms with van der Waals surface area (Å²) in [6.45, 7) is 0. The van der Waals surface area contributed by atoms with Crippen LogP contribution in [0.25, 0.3) is 11.0 Å². The Hall–Kier alpha value is -1.29. The third-order valence-electron chi connectivity index (χ3n) is 1.69. The van der Waals surface area contributed by atoms with E-state index in [1.54, 1.807) is 18.5 Å². The van der Waals surface area contributed by atoms with Crippen molar-refractivity contribution in [2.24, 2.45) is 0 Å². The molecular weight excluding hydrogens is 232 g/mol. The van der Waals surface area contributed by atoms with E-state index in [4.69, 9.17) is 0 Å². The summed E-state index contributed by atoms with van der Waals surface area (Å²) in [5.41, 5.74) is 1.91. The van der Waals surface area contributed by atoms with Crippen molar-refractivity contribution < 1.29 is 4.79 Å². The molecule has 13 heavy (non-hydrogen) atoms. The highest BCUT2D eigenvalue weighted by atomic mass is 79.9. The standard InChI is InChI=1S/C9H5BrN2O/c10-7-3-6(5-13)9-8(4-7)11-1-2-12-9/h1-5H.